The lowest BCUT2D eigenvalue weighted by Crippen LogP contribution is -2.46. The molecular weight excluding hydrogens is 375 g/mol. The van der Waals surface area contributed by atoms with Gasteiger partial charge in [-0.15, -0.1) is 0 Å². The SMILES string of the molecule is CN1CCC(C(=O)O)(c2ccc(Sc3ccccc3C(F)(F)F)cc2)CC1. The van der Waals surface area contributed by atoms with Gasteiger partial charge in [-0.1, -0.05) is 36.0 Å². The average molecular weight is 395 g/mol. The minimum atomic E-state index is -4.41. The molecule has 0 spiro atoms. The van der Waals surface area contributed by atoms with Crippen molar-refractivity contribution in [1.82, 2.24) is 4.90 Å². The van der Waals surface area contributed by atoms with Gasteiger partial charge in [0.2, 0.25) is 0 Å². The van der Waals surface area contributed by atoms with Gasteiger partial charge in [0.15, 0.2) is 0 Å². The summed E-state index contributed by atoms with van der Waals surface area (Å²) in [4.78, 5) is 14.8. The third-order valence-corrected chi connectivity index (χ3v) is 6.16. The maximum atomic E-state index is 13.1. The number of piperidine rings is 1. The number of nitrogens with zero attached hydrogens (tertiary/aromatic N) is 1. The number of alkyl halides is 3. The lowest BCUT2D eigenvalue weighted by molar-refractivity contribution is -0.146. The number of hydrogen-bond acceptors (Lipinski definition) is 3. The maximum Gasteiger partial charge on any atom is 0.417 e. The average Bonchev–Trinajstić information content (AvgIpc) is 2.63. The van der Waals surface area contributed by atoms with Crippen molar-refractivity contribution in [2.75, 3.05) is 20.1 Å². The molecule has 0 aromatic heterocycles. The Balaban J connectivity index is 1.85. The van der Waals surface area contributed by atoms with E-state index in [9.17, 15) is 23.1 Å². The van der Waals surface area contributed by atoms with Gasteiger partial charge in [-0.3, -0.25) is 4.79 Å². The first-order valence-electron chi connectivity index (χ1n) is 8.59. The van der Waals surface area contributed by atoms with Gasteiger partial charge in [0.05, 0.1) is 11.0 Å². The van der Waals surface area contributed by atoms with Gasteiger partial charge in [0.25, 0.3) is 0 Å². The molecule has 1 aliphatic heterocycles. The largest absolute Gasteiger partial charge is 0.481 e. The highest BCUT2D eigenvalue weighted by atomic mass is 32.2. The summed E-state index contributed by atoms with van der Waals surface area (Å²) in [6.07, 6.45) is -3.38. The monoisotopic (exact) mass is 395 g/mol. The molecule has 1 fully saturated rings. The van der Waals surface area contributed by atoms with Crippen LogP contribution in [0.2, 0.25) is 0 Å². The zero-order valence-corrected chi connectivity index (χ0v) is 15.6. The molecule has 0 aliphatic carbocycles. The Morgan fingerprint density at radius 3 is 2.22 bits per heavy atom. The van der Waals surface area contributed by atoms with Crippen LogP contribution >= 0.6 is 11.8 Å². The van der Waals surface area contributed by atoms with Gasteiger partial charge >= 0.3 is 12.1 Å². The van der Waals surface area contributed by atoms with Crippen LogP contribution in [0.5, 0.6) is 0 Å². The second-order valence-electron chi connectivity index (χ2n) is 6.81. The van der Waals surface area contributed by atoms with E-state index < -0.39 is 23.1 Å². The fraction of sp³-hybridized carbons (Fsp3) is 0.350. The van der Waals surface area contributed by atoms with Crippen LogP contribution in [0, 0.1) is 0 Å². The first kappa shape index (κ1) is 19.8. The molecule has 27 heavy (non-hydrogen) atoms. The van der Waals surface area contributed by atoms with E-state index in [1.54, 1.807) is 30.3 Å². The maximum absolute atomic E-state index is 13.1. The van der Waals surface area contributed by atoms with Crippen LogP contribution in [0.25, 0.3) is 0 Å². The van der Waals surface area contributed by atoms with Crippen LogP contribution < -0.4 is 0 Å². The molecule has 1 heterocycles. The smallest absolute Gasteiger partial charge is 0.417 e. The van der Waals surface area contributed by atoms with Gasteiger partial charge in [0.1, 0.15) is 0 Å². The van der Waals surface area contributed by atoms with Crippen LogP contribution in [-0.2, 0) is 16.4 Å². The Labute approximate surface area is 160 Å². The molecule has 1 saturated heterocycles. The first-order valence-corrected chi connectivity index (χ1v) is 9.40. The Morgan fingerprint density at radius 1 is 1.07 bits per heavy atom. The summed E-state index contributed by atoms with van der Waals surface area (Å²) in [5.74, 6) is -0.849. The highest BCUT2D eigenvalue weighted by Crippen LogP contribution is 2.41. The highest BCUT2D eigenvalue weighted by Gasteiger charge is 2.42. The third kappa shape index (κ3) is 4.14. The van der Waals surface area contributed by atoms with Gasteiger partial charge in [-0.25, -0.2) is 0 Å². The lowest BCUT2D eigenvalue weighted by Gasteiger charge is -2.37. The second kappa shape index (κ2) is 7.56. The number of aliphatic carboxylic acids is 1. The van der Waals surface area contributed by atoms with Gasteiger partial charge in [-0.2, -0.15) is 13.2 Å². The molecule has 2 aromatic rings. The Kier molecular flexibility index (Phi) is 5.53. The van der Waals surface area contributed by atoms with Crippen molar-refractivity contribution in [1.29, 1.82) is 0 Å². The molecule has 144 valence electrons. The van der Waals surface area contributed by atoms with Crippen LogP contribution in [-0.4, -0.2) is 36.1 Å². The summed E-state index contributed by atoms with van der Waals surface area (Å²) in [5, 5.41) is 9.81. The predicted octanol–water partition coefficient (Wildman–Crippen LogP) is 4.90. The van der Waals surface area contributed by atoms with E-state index in [0.717, 1.165) is 17.8 Å². The number of halogens is 3. The molecule has 0 bridgehead atoms. The molecule has 0 unspecified atom stereocenters. The van der Waals surface area contributed by atoms with E-state index in [0.29, 0.717) is 36.4 Å². The molecular formula is C20H20F3NO2S. The van der Waals surface area contributed by atoms with Crippen molar-refractivity contribution < 1.29 is 23.1 Å². The number of hydrogen-bond donors (Lipinski definition) is 1. The van der Waals surface area contributed by atoms with Crippen molar-refractivity contribution in [2.24, 2.45) is 0 Å². The molecule has 0 saturated carbocycles. The summed E-state index contributed by atoms with van der Waals surface area (Å²) in [7, 11) is 1.96. The van der Waals surface area contributed by atoms with E-state index in [-0.39, 0.29) is 4.90 Å². The van der Waals surface area contributed by atoms with E-state index >= 15 is 0 Å². The van der Waals surface area contributed by atoms with E-state index in [1.807, 2.05) is 7.05 Å². The highest BCUT2D eigenvalue weighted by molar-refractivity contribution is 7.99. The normalized spacial score (nSPS) is 17.6. The lowest BCUT2D eigenvalue weighted by atomic mass is 9.73. The topological polar surface area (TPSA) is 40.5 Å². The Morgan fingerprint density at radius 2 is 1.67 bits per heavy atom. The number of carbonyl (C=O) groups is 1. The fourth-order valence-electron chi connectivity index (χ4n) is 3.39. The molecule has 3 nitrogen and oxygen atoms in total. The van der Waals surface area contributed by atoms with Gasteiger partial charge < -0.3 is 10.0 Å². The van der Waals surface area contributed by atoms with Crippen molar-refractivity contribution in [2.45, 2.75) is 34.2 Å². The number of rotatable bonds is 4. The van der Waals surface area contributed by atoms with E-state index in [2.05, 4.69) is 4.90 Å². The Bertz CT molecular complexity index is 813. The third-order valence-electron chi connectivity index (χ3n) is 5.08. The zero-order valence-electron chi connectivity index (χ0n) is 14.8. The molecule has 3 rings (SSSR count). The molecule has 0 radical (unpaired) electrons. The number of likely N-dealkylation sites (tertiary alicyclic amines) is 1. The van der Waals surface area contributed by atoms with Crippen LogP contribution in [0.3, 0.4) is 0 Å². The van der Waals surface area contributed by atoms with Crippen molar-refractivity contribution in [3.63, 3.8) is 0 Å². The van der Waals surface area contributed by atoms with Crippen LogP contribution in [0.1, 0.15) is 24.0 Å². The molecule has 0 atom stereocenters. The van der Waals surface area contributed by atoms with Gasteiger partial charge in [0, 0.05) is 9.79 Å². The predicted molar refractivity (Wildman–Crippen MR) is 98.1 cm³/mol. The molecule has 2 aromatic carbocycles. The number of benzene rings is 2. The van der Waals surface area contributed by atoms with Crippen molar-refractivity contribution in [3.8, 4) is 0 Å². The minimum absolute atomic E-state index is 0.130. The summed E-state index contributed by atoms with van der Waals surface area (Å²) >= 11 is 1.03. The van der Waals surface area contributed by atoms with E-state index in [4.69, 9.17) is 0 Å². The minimum Gasteiger partial charge on any atom is -0.481 e. The summed E-state index contributed by atoms with van der Waals surface area (Å²) in [6, 6.07) is 12.3. The van der Waals surface area contributed by atoms with Crippen LogP contribution in [0.4, 0.5) is 13.2 Å². The first-order chi connectivity index (χ1) is 12.7. The second-order valence-corrected chi connectivity index (χ2v) is 7.93. The summed E-state index contributed by atoms with van der Waals surface area (Å²) in [6.45, 7) is 1.39. The Hall–Kier alpha value is -1.99. The van der Waals surface area contributed by atoms with Crippen LogP contribution in [0.15, 0.2) is 58.3 Å². The quantitative estimate of drug-likeness (QED) is 0.799. The van der Waals surface area contributed by atoms with Crippen molar-refractivity contribution in [3.05, 3.63) is 59.7 Å². The summed E-state index contributed by atoms with van der Waals surface area (Å²) in [5.41, 5.74) is -0.896. The number of carboxylic acids is 1. The summed E-state index contributed by atoms with van der Waals surface area (Å²) < 4.78 is 39.4. The standard InChI is InChI=1S/C20H20F3NO2S/c1-24-12-10-19(11-13-24,18(25)26)14-6-8-15(9-7-14)27-17-5-3-2-4-16(17)20(21,22)23/h2-9H,10-13H2,1H3,(H,25,26). The number of carboxylic acid groups (broad SMARTS) is 1. The van der Waals surface area contributed by atoms with E-state index in [1.165, 1.54) is 12.1 Å². The molecule has 0 amide bonds. The fourth-order valence-corrected chi connectivity index (χ4v) is 4.35. The molecule has 7 heteroatoms. The zero-order chi connectivity index (χ0) is 19.7. The molecule has 1 N–H and O–H groups in total. The van der Waals surface area contributed by atoms with Gasteiger partial charge in [-0.05, 0) is 62.8 Å². The molecule has 1 aliphatic rings. The van der Waals surface area contributed by atoms with Crippen molar-refractivity contribution >= 4 is 17.7 Å².